The molecule has 3 aromatic rings. The van der Waals surface area contributed by atoms with Crippen LogP contribution in [-0.2, 0) is 19.1 Å². The van der Waals surface area contributed by atoms with Gasteiger partial charge in [0, 0.05) is 0 Å². The van der Waals surface area contributed by atoms with E-state index in [1.54, 1.807) is 57.2 Å². The Morgan fingerprint density at radius 3 is 2.33 bits per heavy atom. The molecular weight excluding hydrogens is 619 g/mol. The third-order valence-corrected chi connectivity index (χ3v) is 7.83. The van der Waals surface area contributed by atoms with Gasteiger partial charge in [0.25, 0.3) is 5.56 Å². The summed E-state index contributed by atoms with van der Waals surface area (Å²) in [6.07, 6.45) is 1.66. The van der Waals surface area contributed by atoms with Gasteiger partial charge in [0.2, 0.25) is 0 Å². The van der Waals surface area contributed by atoms with E-state index in [-0.39, 0.29) is 24.3 Å². The number of thiazole rings is 1. The van der Waals surface area contributed by atoms with Gasteiger partial charge in [-0.05, 0) is 69.2 Å². The second-order valence-electron chi connectivity index (χ2n) is 9.05. The highest BCUT2D eigenvalue weighted by atomic mass is 35.5. The van der Waals surface area contributed by atoms with Crippen molar-refractivity contribution in [3.05, 3.63) is 82.5 Å². The lowest BCUT2D eigenvalue weighted by molar-refractivity contribution is -0.143. The summed E-state index contributed by atoms with van der Waals surface area (Å²) >= 11 is 13.9. The Balaban J connectivity index is 1.89. The van der Waals surface area contributed by atoms with Crippen molar-refractivity contribution in [2.45, 2.75) is 33.7 Å². The first-order valence-electron chi connectivity index (χ1n) is 13.4. The Bertz CT molecular complexity index is 1740. The summed E-state index contributed by atoms with van der Waals surface area (Å²) in [4.78, 5) is 43.9. The van der Waals surface area contributed by atoms with Crippen molar-refractivity contribution in [2.24, 2.45) is 4.99 Å². The molecule has 0 unspecified atom stereocenters. The molecule has 4 rings (SSSR count). The Morgan fingerprint density at radius 2 is 1.70 bits per heavy atom. The largest absolute Gasteiger partial charge is 0.491 e. The molecule has 228 valence electrons. The minimum atomic E-state index is -0.890. The Labute approximate surface area is 261 Å². The second-order valence-corrected chi connectivity index (χ2v) is 10.9. The van der Waals surface area contributed by atoms with Crippen molar-refractivity contribution >= 4 is 52.6 Å². The lowest BCUT2D eigenvalue weighted by Crippen LogP contribution is -2.40. The first kappa shape index (κ1) is 32.1. The number of aromatic nitrogens is 1. The molecule has 10 nitrogen and oxygen atoms in total. The van der Waals surface area contributed by atoms with Crippen LogP contribution in [0.4, 0.5) is 0 Å². The number of benzene rings is 2. The van der Waals surface area contributed by atoms with Gasteiger partial charge < -0.3 is 23.7 Å². The van der Waals surface area contributed by atoms with Crippen LogP contribution in [0.3, 0.4) is 0 Å². The van der Waals surface area contributed by atoms with Gasteiger partial charge in [-0.2, -0.15) is 0 Å². The Kier molecular flexibility index (Phi) is 10.5. The molecule has 0 N–H and O–H groups in total. The van der Waals surface area contributed by atoms with Gasteiger partial charge in [-0.3, -0.25) is 9.36 Å². The molecule has 43 heavy (non-hydrogen) atoms. The van der Waals surface area contributed by atoms with Crippen LogP contribution in [0.2, 0.25) is 10.0 Å². The zero-order valence-corrected chi connectivity index (χ0v) is 26.5. The summed E-state index contributed by atoms with van der Waals surface area (Å²) in [5, 5.41) is 0.620. The van der Waals surface area contributed by atoms with Crippen LogP contribution in [0.25, 0.3) is 6.08 Å². The van der Waals surface area contributed by atoms with Gasteiger partial charge in [0.15, 0.2) is 28.7 Å². The van der Waals surface area contributed by atoms with Crippen LogP contribution < -0.4 is 29.1 Å². The lowest BCUT2D eigenvalue weighted by Gasteiger charge is -2.25. The third kappa shape index (κ3) is 6.90. The van der Waals surface area contributed by atoms with E-state index in [1.807, 2.05) is 6.92 Å². The van der Waals surface area contributed by atoms with Crippen molar-refractivity contribution in [1.82, 2.24) is 4.57 Å². The average Bonchev–Trinajstić information content (AvgIpc) is 3.27. The molecule has 2 heterocycles. The van der Waals surface area contributed by atoms with E-state index in [1.165, 1.54) is 11.7 Å². The maximum atomic E-state index is 14.0. The summed E-state index contributed by atoms with van der Waals surface area (Å²) in [7, 11) is 1.26. The van der Waals surface area contributed by atoms with E-state index in [2.05, 4.69) is 9.73 Å². The highest BCUT2D eigenvalue weighted by molar-refractivity contribution is 7.07. The molecule has 1 aliphatic heterocycles. The summed E-state index contributed by atoms with van der Waals surface area (Å²) in [5.41, 5.74) is 1.37. The minimum Gasteiger partial charge on any atom is -0.491 e. The molecule has 0 spiro atoms. The van der Waals surface area contributed by atoms with Crippen LogP contribution in [-0.4, -0.2) is 50.0 Å². The number of nitrogens with zero attached hydrogens (tertiary/aromatic N) is 2. The van der Waals surface area contributed by atoms with Crippen LogP contribution in [0, 0.1) is 0 Å². The van der Waals surface area contributed by atoms with E-state index < -0.39 is 18.0 Å². The molecule has 13 heteroatoms. The molecule has 0 amide bonds. The molecule has 0 fully saturated rings. The van der Waals surface area contributed by atoms with E-state index in [9.17, 15) is 14.4 Å². The van der Waals surface area contributed by atoms with Crippen LogP contribution >= 0.6 is 34.5 Å². The molecule has 0 saturated carbocycles. The number of hydrogen-bond donors (Lipinski definition) is 0. The molecule has 1 aromatic heterocycles. The molecule has 0 bridgehead atoms. The summed E-state index contributed by atoms with van der Waals surface area (Å²) < 4.78 is 28.7. The maximum absolute atomic E-state index is 14.0. The Morgan fingerprint density at radius 1 is 1.00 bits per heavy atom. The van der Waals surface area contributed by atoms with Gasteiger partial charge in [0.05, 0.1) is 58.8 Å². The third-order valence-electron chi connectivity index (χ3n) is 6.28. The minimum absolute atomic E-state index is 0.135. The lowest BCUT2D eigenvalue weighted by atomic mass is 9.95. The van der Waals surface area contributed by atoms with E-state index in [0.717, 1.165) is 11.3 Å². The van der Waals surface area contributed by atoms with E-state index in [4.69, 9.17) is 42.1 Å². The molecule has 0 radical (unpaired) electrons. The summed E-state index contributed by atoms with van der Waals surface area (Å²) in [6, 6.07) is 7.40. The van der Waals surface area contributed by atoms with Crippen LogP contribution in [0.5, 0.6) is 17.2 Å². The normalized spacial score (nSPS) is 14.6. The molecule has 0 saturated heterocycles. The summed E-state index contributed by atoms with van der Waals surface area (Å²) in [6.45, 7) is 7.52. The van der Waals surface area contributed by atoms with Crippen molar-refractivity contribution in [3.8, 4) is 17.2 Å². The molecular formula is C30H30Cl2N2O8S. The SMILES string of the molecule is CCOC(=O)C1=C(C)N=c2s/c(=C\c3cc(Cl)c(OCC)c(Cl)c3)c(=O)n2[C@@H]1c1ccc(OCC(=O)OC)c(OCC)c1. The first-order valence-corrected chi connectivity index (χ1v) is 15.0. The highest BCUT2D eigenvalue weighted by Gasteiger charge is 2.34. The fraction of sp³-hybridized carbons (Fsp3) is 0.333. The van der Waals surface area contributed by atoms with Crippen molar-refractivity contribution in [2.75, 3.05) is 33.5 Å². The smallest absolute Gasteiger partial charge is 0.343 e. The number of esters is 2. The number of methoxy groups -OCH3 is 1. The fourth-order valence-corrected chi connectivity index (χ4v) is 6.14. The van der Waals surface area contributed by atoms with Crippen molar-refractivity contribution < 1.29 is 33.3 Å². The number of fused-ring (bicyclic) bond motifs is 1. The van der Waals surface area contributed by atoms with Gasteiger partial charge in [-0.1, -0.05) is 40.6 Å². The number of carbonyl (C=O) groups is 2. The van der Waals surface area contributed by atoms with Crippen molar-refractivity contribution in [1.29, 1.82) is 0 Å². The molecule has 0 aliphatic carbocycles. The number of halogens is 2. The van der Waals surface area contributed by atoms with Crippen LogP contribution in [0.1, 0.15) is 44.9 Å². The molecule has 1 aliphatic rings. The fourth-order valence-electron chi connectivity index (χ4n) is 4.48. The van der Waals surface area contributed by atoms with Gasteiger partial charge in [0.1, 0.15) is 0 Å². The van der Waals surface area contributed by atoms with Crippen molar-refractivity contribution in [3.63, 3.8) is 0 Å². The zero-order valence-electron chi connectivity index (χ0n) is 24.2. The van der Waals surface area contributed by atoms with E-state index >= 15 is 0 Å². The topological polar surface area (TPSA) is 115 Å². The first-order chi connectivity index (χ1) is 20.6. The monoisotopic (exact) mass is 648 g/mol. The average molecular weight is 650 g/mol. The number of allylic oxidation sites excluding steroid dienone is 1. The molecule has 2 aromatic carbocycles. The number of ether oxygens (including phenoxy) is 5. The number of carbonyl (C=O) groups excluding carboxylic acids is 2. The zero-order chi connectivity index (χ0) is 31.3. The maximum Gasteiger partial charge on any atom is 0.343 e. The number of rotatable bonds is 11. The van der Waals surface area contributed by atoms with E-state index in [0.29, 0.717) is 66.7 Å². The standard InChI is InChI=1S/C30H30Cl2N2O8S/c1-6-39-22-14-18(9-10-21(22)42-15-24(35)38-5)26-25(29(37)41-8-3)16(4)33-30-34(26)28(36)23(43-30)13-17-11-19(31)27(40-7-2)20(32)12-17/h9-14,26H,6-8,15H2,1-5H3/b23-13-/t26-/m1/s1. The number of hydrogen-bond acceptors (Lipinski definition) is 10. The van der Waals surface area contributed by atoms with Gasteiger partial charge >= 0.3 is 11.9 Å². The van der Waals surface area contributed by atoms with Gasteiger partial charge in [-0.15, -0.1) is 0 Å². The molecule has 1 atom stereocenters. The quantitative estimate of drug-likeness (QED) is 0.280. The summed E-state index contributed by atoms with van der Waals surface area (Å²) in [5.74, 6) is -0.175. The highest BCUT2D eigenvalue weighted by Crippen LogP contribution is 2.37. The Hall–Kier alpha value is -3.80. The predicted molar refractivity (Wildman–Crippen MR) is 163 cm³/mol. The van der Waals surface area contributed by atoms with Crippen LogP contribution in [0.15, 0.2) is 51.4 Å². The predicted octanol–water partition coefficient (Wildman–Crippen LogP) is 4.45. The second kappa shape index (κ2) is 14.1. The van der Waals surface area contributed by atoms with Gasteiger partial charge in [-0.25, -0.2) is 14.6 Å².